The number of anilines is 2. The highest BCUT2D eigenvalue weighted by Crippen LogP contribution is 2.29. The first-order valence-electron chi connectivity index (χ1n) is 9.97. The number of halogens is 1. The molecule has 2 aromatic carbocycles. The lowest BCUT2D eigenvalue weighted by atomic mass is 10.0. The van der Waals surface area contributed by atoms with Crippen LogP contribution in [0.25, 0.3) is 10.8 Å². The third-order valence-corrected chi connectivity index (χ3v) is 5.97. The average Bonchev–Trinajstić information content (AvgIpc) is 2.74. The van der Waals surface area contributed by atoms with Gasteiger partial charge in [-0.1, -0.05) is 59.3 Å². The Hall–Kier alpha value is -2.72. The molecule has 2 aromatic heterocycles. The summed E-state index contributed by atoms with van der Waals surface area (Å²) in [5.41, 5.74) is 5.89. The average molecular weight is 446 g/mol. The Morgan fingerprint density at radius 2 is 1.69 bits per heavy atom. The minimum Gasteiger partial charge on any atom is -0.340 e. The molecule has 1 N–H and O–H groups in total. The van der Waals surface area contributed by atoms with Crippen LogP contribution in [0.5, 0.6) is 0 Å². The quantitative estimate of drug-likeness (QED) is 0.354. The molecule has 0 amide bonds. The van der Waals surface area contributed by atoms with Crippen LogP contribution in [0.4, 0.5) is 11.5 Å². The van der Waals surface area contributed by atoms with Crippen LogP contribution in [0.2, 0.25) is 0 Å². The summed E-state index contributed by atoms with van der Waals surface area (Å²) >= 11 is 3.66. The number of rotatable bonds is 6. The first kappa shape index (κ1) is 19.6. The zero-order valence-corrected chi connectivity index (χ0v) is 18.3. The monoisotopic (exact) mass is 445 g/mol. The Morgan fingerprint density at radius 1 is 0.862 bits per heavy atom. The fourth-order valence-corrected chi connectivity index (χ4v) is 4.18. The number of benzene rings is 2. The van der Waals surface area contributed by atoms with E-state index in [1.165, 1.54) is 22.1 Å². The third-order valence-electron chi connectivity index (χ3n) is 5.23. The Bertz CT molecular complexity index is 1140. The summed E-state index contributed by atoms with van der Waals surface area (Å²) in [6.45, 7) is 4.18. The molecular weight excluding hydrogens is 422 g/mol. The molecule has 0 aliphatic heterocycles. The molecule has 3 nitrogen and oxygen atoms in total. The molecule has 4 aromatic rings. The Kier molecular flexibility index (Phi) is 5.91. The number of hydrogen-bond donors (Lipinski definition) is 1. The van der Waals surface area contributed by atoms with E-state index in [2.05, 4.69) is 87.8 Å². The van der Waals surface area contributed by atoms with Crippen molar-refractivity contribution in [2.24, 2.45) is 0 Å². The second-order valence-electron chi connectivity index (χ2n) is 7.27. The number of aryl methyl sites for hydroxylation is 4. The van der Waals surface area contributed by atoms with E-state index in [0.717, 1.165) is 46.3 Å². The first-order valence-corrected chi connectivity index (χ1v) is 10.8. The molecule has 0 atom stereocenters. The van der Waals surface area contributed by atoms with E-state index in [4.69, 9.17) is 4.98 Å². The van der Waals surface area contributed by atoms with Gasteiger partial charge in [0.15, 0.2) is 0 Å². The number of hydrogen-bond acceptors (Lipinski definition) is 3. The normalized spacial score (nSPS) is 11.0. The van der Waals surface area contributed by atoms with Gasteiger partial charge < -0.3 is 5.32 Å². The lowest BCUT2D eigenvalue weighted by Gasteiger charge is -2.13. The molecule has 0 unspecified atom stereocenters. The summed E-state index contributed by atoms with van der Waals surface area (Å²) in [4.78, 5) is 9.16. The van der Waals surface area contributed by atoms with E-state index < -0.39 is 0 Å². The Balaban J connectivity index is 1.61. The zero-order valence-electron chi connectivity index (χ0n) is 16.7. The van der Waals surface area contributed by atoms with Crippen molar-refractivity contribution in [3.8, 4) is 0 Å². The molecule has 2 heterocycles. The van der Waals surface area contributed by atoms with Crippen LogP contribution in [-0.4, -0.2) is 9.97 Å². The second kappa shape index (κ2) is 8.75. The molecule has 0 saturated heterocycles. The van der Waals surface area contributed by atoms with Crippen LogP contribution >= 0.6 is 15.9 Å². The molecule has 146 valence electrons. The van der Waals surface area contributed by atoms with Crippen LogP contribution in [0, 0.1) is 6.92 Å². The first-order chi connectivity index (χ1) is 14.1. The fraction of sp³-hybridized carbons (Fsp3) is 0.200. The van der Waals surface area contributed by atoms with E-state index in [1.807, 2.05) is 19.3 Å². The number of fused-ring (bicyclic) bond motifs is 1. The summed E-state index contributed by atoms with van der Waals surface area (Å²) in [7, 11) is 0. The maximum atomic E-state index is 4.76. The van der Waals surface area contributed by atoms with Crippen LogP contribution in [-0.2, 0) is 19.3 Å². The van der Waals surface area contributed by atoms with Crippen LogP contribution in [0.15, 0.2) is 71.5 Å². The number of pyridine rings is 2. The molecule has 4 heteroatoms. The molecule has 29 heavy (non-hydrogen) atoms. The maximum Gasteiger partial charge on any atom is 0.138 e. The van der Waals surface area contributed by atoms with Crippen molar-refractivity contribution >= 4 is 38.2 Å². The molecule has 0 radical (unpaired) electrons. The second-order valence-corrected chi connectivity index (χ2v) is 8.12. The van der Waals surface area contributed by atoms with E-state index >= 15 is 0 Å². The van der Waals surface area contributed by atoms with Crippen molar-refractivity contribution in [3.63, 3.8) is 0 Å². The predicted molar refractivity (Wildman–Crippen MR) is 125 cm³/mol. The maximum absolute atomic E-state index is 4.76. The van der Waals surface area contributed by atoms with Gasteiger partial charge in [-0.3, -0.25) is 4.98 Å². The molecule has 0 fully saturated rings. The summed E-state index contributed by atoms with van der Waals surface area (Å²) in [5, 5.41) is 5.88. The minimum absolute atomic E-state index is 0.887. The van der Waals surface area contributed by atoms with E-state index in [1.54, 1.807) is 0 Å². The lowest BCUT2D eigenvalue weighted by molar-refractivity contribution is 0.946. The van der Waals surface area contributed by atoms with Crippen molar-refractivity contribution in [1.29, 1.82) is 0 Å². The molecule has 0 aliphatic rings. The van der Waals surface area contributed by atoms with E-state index in [0.29, 0.717) is 0 Å². The number of nitrogens with zero attached hydrogens (tertiary/aromatic N) is 2. The molecule has 4 rings (SSSR count). The van der Waals surface area contributed by atoms with Crippen LogP contribution in [0.3, 0.4) is 0 Å². The largest absolute Gasteiger partial charge is 0.340 e. The zero-order chi connectivity index (χ0) is 20.2. The number of nitrogens with one attached hydrogen (secondary N) is 1. The lowest BCUT2D eigenvalue weighted by Crippen LogP contribution is -2.00. The van der Waals surface area contributed by atoms with Crippen LogP contribution in [0.1, 0.15) is 29.3 Å². The molecule has 0 saturated carbocycles. The van der Waals surface area contributed by atoms with Gasteiger partial charge in [0.25, 0.3) is 0 Å². The van der Waals surface area contributed by atoms with Crippen molar-refractivity contribution in [3.05, 3.63) is 93.8 Å². The molecular formula is C25H24BrN3. The molecule has 0 bridgehead atoms. The van der Waals surface area contributed by atoms with Gasteiger partial charge in [-0.15, -0.1) is 0 Å². The van der Waals surface area contributed by atoms with Gasteiger partial charge in [-0.2, -0.15) is 0 Å². The van der Waals surface area contributed by atoms with Crippen molar-refractivity contribution < 1.29 is 0 Å². The summed E-state index contributed by atoms with van der Waals surface area (Å²) in [6.07, 6.45) is 6.88. The molecule has 0 spiro atoms. The van der Waals surface area contributed by atoms with Crippen molar-refractivity contribution in [2.45, 2.75) is 33.1 Å². The number of aromatic nitrogens is 2. The molecule has 0 aliphatic carbocycles. The van der Waals surface area contributed by atoms with E-state index in [9.17, 15) is 0 Å². The highest BCUT2D eigenvalue weighted by atomic mass is 79.9. The summed E-state index contributed by atoms with van der Waals surface area (Å²) in [5.74, 6) is 0.887. The fourth-order valence-electron chi connectivity index (χ4n) is 3.52. The summed E-state index contributed by atoms with van der Waals surface area (Å²) in [6, 6.07) is 19.1. The van der Waals surface area contributed by atoms with E-state index in [-0.39, 0.29) is 0 Å². The smallest absolute Gasteiger partial charge is 0.138 e. The summed E-state index contributed by atoms with van der Waals surface area (Å²) < 4.78 is 1.12. The SMILES string of the molecule is CCc1ccc(Nc2ncc(CCc3ccc(C)nc3)c3ccccc23)cc1Br. The van der Waals surface area contributed by atoms with Crippen LogP contribution < -0.4 is 5.32 Å². The highest BCUT2D eigenvalue weighted by molar-refractivity contribution is 9.10. The Labute approximate surface area is 180 Å². The standard InChI is InChI=1S/C25H24BrN3/c1-3-19-12-13-21(14-24(19)26)29-25-23-7-5-4-6-22(23)20(16-28-25)11-10-18-9-8-17(2)27-15-18/h4-9,12-16H,3,10-11H2,1-2H3,(H,28,29). The van der Waals surface area contributed by atoms with Crippen molar-refractivity contribution in [1.82, 2.24) is 9.97 Å². The van der Waals surface area contributed by atoms with Gasteiger partial charge >= 0.3 is 0 Å². The van der Waals surface area contributed by atoms with Gasteiger partial charge in [0.05, 0.1) is 0 Å². The topological polar surface area (TPSA) is 37.8 Å². The van der Waals surface area contributed by atoms with Gasteiger partial charge in [0.1, 0.15) is 5.82 Å². The van der Waals surface area contributed by atoms with Gasteiger partial charge in [-0.25, -0.2) is 4.98 Å². The van der Waals surface area contributed by atoms with Gasteiger partial charge in [0.2, 0.25) is 0 Å². The third kappa shape index (κ3) is 4.48. The van der Waals surface area contributed by atoms with Gasteiger partial charge in [0, 0.05) is 33.6 Å². The Morgan fingerprint density at radius 3 is 2.41 bits per heavy atom. The minimum atomic E-state index is 0.887. The van der Waals surface area contributed by atoms with Crippen molar-refractivity contribution in [2.75, 3.05) is 5.32 Å². The van der Waals surface area contributed by atoms with Gasteiger partial charge in [-0.05, 0) is 66.5 Å². The predicted octanol–water partition coefficient (Wildman–Crippen LogP) is 6.79. The highest BCUT2D eigenvalue weighted by Gasteiger charge is 2.09.